The van der Waals surface area contributed by atoms with E-state index < -0.39 is 5.91 Å². The van der Waals surface area contributed by atoms with Gasteiger partial charge in [-0.2, -0.15) is 0 Å². The average Bonchev–Trinajstić information content (AvgIpc) is 3.08. The third-order valence-electron chi connectivity index (χ3n) is 4.04. The maximum Gasteiger partial charge on any atom is 0.276 e. The van der Waals surface area contributed by atoms with E-state index in [0.29, 0.717) is 5.75 Å². The minimum atomic E-state index is -0.421. The first-order valence-corrected chi connectivity index (χ1v) is 8.49. The number of carbonyl (C=O) groups excluding carboxylic acids is 2. The molecule has 0 aliphatic heterocycles. The van der Waals surface area contributed by atoms with Crippen LogP contribution in [0.15, 0.2) is 60.8 Å². The van der Waals surface area contributed by atoms with Gasteiger partial charge in [-0.25, -0.2) is 0 Å². The Bertz CT molecular complexity index is 900. The van der Waals surface area contributed by atoms with Gasteiger partial charge >= 0.3 is 0 Å². The standard InChI is InChI=1S/C20H21N3O3/c1-2-15-7-9-17(10-8-15)26-14-20(25)22-21-19(24)13-23-12-11-16-5-3-4-6-18(16)23/h3-12H,2,13-14H2,1H3,(H,21,24)(H,22,25). The monoisotopic (exact) mass is 351 g/mol. The van der Waals surface area contributed by atoms with Crippen molar-refractivity contribution < 1.29 is 14.3 Å². The second-order valence-corrected chi connectivity index (χ2v) is 5.88. The van der Waals surface area contributed by atoms with Crippen molar-refractivity contribution in [3.63, 3.8) is 0 Å². The highest BCUT2D eigenvalue weighted by Gasteiger charge is 2.08. The van der Waals surface area contributed by atoms with Gasteiger partial charge in [-0.3, -0.25) is 20.4 Å². The lowest BCUT2D eigenvalue weighted by molar-refractivity contribution is -0.130. The molecule has 0 unspecified atom stereocenters. The quantitative estimate of drug-likeness (QED) is 0.670. The third kappa shape index (κ3) is 4.42. The van der Waals surface area contributed by atoms with Crippen molar-refractivity contribution in [2.75, 3.05) is 6.61 Å². The fourth-order valence-electron chi connectivity index (χ4n) is 2.62. The number of carbonyl (C=O) groups is 2. The summed E-state index contributed by atoms with van der Waals surface area (Å²) in [6.07, 6.45) is 2.79. The van der Waals surface area contributed by atoms with Crippen molar-refractivity contribution in [2.45, 2.75) is 19.9 Å². The van der Waals surface area contributed by atoms with Gasteiger partial charge in [-0.15, -0.1) is 0 Å². The molecule has 2 N–H and O–H groups in total. The van der Waals surface area contributed by atoms with Crippen LogP contribution in [0.4, 0.5) is 0 Å². The van der Waals surface area contributed by atoms with Gasteiger partial charge in [-0.1, -0.05) is 37.3 Å². The lowest BCUT2D eigenvalue weighted by Gasteiger charge is -2.10. The van der Waals surface area contributed by atoms with Crippen LogP contribution in [-0.2, 0) is 22.6 Å². The predicted octanol–water partition coefficient (Wildman–Crippen LogP) is 2.43. The van der Waals surface area contributed by atoms with Gasteiger partial charge < -0.3 is 9.30 Å². The van der Waals surface area contributed by atoms with Crippen LogP contribution in [0.2, 0.25) is 0 Å². The van der Waals surface area contributed by atoms with Gasteiger partial charge in [0.05, 0.1) is 0 Å². The highest BCUT2D eigenvalue weighted by atomic mass is 16.5. The van der Waals surface area contributed by atoms with Crippen molar-refractivity contribution in [1.82, 2.24) is 15.4 Å². The zero-order chi connectivity index (χ0) is 18.4. The molecule has 134 valence electrons. The molecule has 2 aromatic carbocycles. The second kappa shape index (κ2) is 8.20. The summed E-state index contributed by atoms with van der Waals surface area (Å²) in [6.45, 7) is 2.02. The van der Waals surface area contributed by atoms with Gasteiger partial charge in [0.1, 0.15) is 12.3 Å². The number of nitrogens with zero attached hydrogens (tertiary/aromatic N) is 1. The molecule has 2 amide bonds. The Balaban J connectivity index is 1.44. The van der Waals surface area contributed by atoms with Gasteiger partial charge in [-0.05, 0) is 41.6 Å². The van der Waals surface area contributed by atoms with E-state index >= 15 is 0 Å². The molecule has 26 heavy (non-hydrogen) atoms. The smallest absolute Gasteiger partial charge is 0.276 e. The highest BCUT2D eigenvalue weighted by molar-refractivity contribution is 5.85. The van der Waals surface area contributed by atoms with Crippen LogP contribution in [0.5, 0.6) is 5.75 Å². The molecule has 0 saturated heterocycles. The number of aromatic nitrogens is 1. The molecule has 0 radical (unpaired) electrons. The van der Waals surface area contributed by atoms with E-state index in [9.17, 15) is 9.59 Å². The second-order valence-electron chi connectivity index (χ2n) is 5.88. The molecular weight excluding hydrogens is 330 g/mol. The van der Waals surface area contributed by atoms with E-state index in [1.54, 1.807) is 0 Å². The van der Waals surface area contributed by atoms with Gasteiger partial charge in [0.15, 0.2) is 6.61 Å². The first kappa shape index (κ1) is 17.5. The maximum atomic E-state index is 12.0. The number of hydrogen-bond acceptors (Lipinski definition) is 3. The average molecular weight is 351 g/mol. The molecule has 3 aromatic rings. The van der Waals surface area contributed by atoms with E-state index in [0.717, 1.165) is 17.3 Å². The van der Waals surface area contributed by atoms with Crippen molar-refractivity contribution >= 4 is 22.7 Å². The van der Waals surface area contributed by atoms with Crippen LogP contribution >= 0.6 is 0 Å². The summed E-state index contributed by atoms with van der Waals surface area (Å²) in [6, 6.07) is 17.3. The molecule has 0 bridgehead atoms. The van der Waals surface area contributed by atoms with Crippen LogP contribution in [0.25, 0.3) is 10.9 Å². The molecule has 6 nitrogen and oxygen atoms in total. The summed E-state index contributed by atoms with van der Waals surface area (Å²) < 4.78 is 7.22. The first-order chi connectivity index (χ1) is 12.7. The number of ether oxygens (including phenoxy) is 1. The third-order valence-corrected chi connectivity index (χ3v) is 4.04. The van der Waals surface area contributed by atoms with Crippen LogP contribution in [0.3, 0.4) is 0 Å². The normalized spacial score (nSPS) is 10.5. The van der Waals surface area contributed by atoms with Crippen molar-refractivity contribution in [1.29, 1.82) is 0 Å². The SMILES string of the molecule is CCc1ccc(OCC(=O)NNC(=O)Cn2ccc3ccccc32)cc1. The Morgan fingerprint density at radius 1 is 0.962 bits per heavy atom. The molecule has 6 heteroatoms. The Kier molecular flexibility index (Phi) is 5.53. The van der Waals surface area contributed by atoms with E-state index in [1.165, 1.54) is 5.56 Å². The Morgan fingerprint density at radius 3 is 2.46 bits per heavy atom. The molecule has 0 spiro atoms. The Hall–Kier alpha value is -3.28. The van der Waals surface area contributed by atoms with E-state index in [-0.39, 0.29) is 19.1 Å². The molecule has 0 aliphatic carbocycles. The zero-order valence-corrected chi connectivity index (χ0v) is 14.6. The minimum Gasteiger partial charge on any atom is -0.484 e. The number of rotatable bonds is 6. The molecule has 1 aromatic heterocycles. The van der Waals surface area contributed by atoms with Crippen molar-refractivity contribution in [3.05, 3.63) is 66.4 Å². The summed E-state index contributed by atoms with van der Waals surface area (Å²) in [5.74, 6) is -0.121. The van der Waals surface area contributed by atoms with E-state index in [4.69, 9.17) is 4.74 Å². The Labute approximate surface area is 151 Å². The fraction of sp³-hybridized carbons (Fsp3) is 0.200. The summed E-state index contributed by atoms with van der Waals surface area (Å²) in [5.41, 5.74) is 6.93. The van der Waals surface area contributed by atoms with Crippen LogP contribution in [0, 0.1) is 0 Å². The summed E-state index contributed by atoms with van der Waals surface area (Å²) in [7, 11) is 0. The zero-order valence-electron chi connectivity index (χ0n) is 14.6. The first-order valence-electron chi connectivity index (χ1n) is 8.49. The number of benzene rings is 2. The predicted molar refractivity (Wildman–Crippen MR) is 99.5 cm³/mol. The molecule has 0 fully saturated rings. The molecule has 3 rings (SSSR count). The van der Waals surface area contributed by atoms with E-state index in [1.807, 2.05) is 65.4 Å². The minimum absolute atomic E-state index is 0.118. The number of fused-ring (bicyclic) bond motifs is 1. The number of hydrogen-bond donors (Lipinski definition) is 2. The summed E-state index contributed by atoms with van der Waals surface area (Å²) >= 11 is 0. The fourth-order valence-corrected chi connectivity index (χ4v) is 2.62. The summed E-state index contributed by atoms with van der Waals surface area (Å²) in [4.78, 5) is 23.8. The highest BCUT2D eigenvalue weighted by Crippen LogP contribution is 2.14. The number of amides is 2. The lowest BCUT2D eigenvalue weighted by Crippen LogP contribution is -2.45. The number of para-hydroxylation sites is 1. The van der Waals surface area contributed by atoms with Gasteiger partial charge in [0.2, 0.25) is 0 Å². The van der Waals surface area contributed by atoms with Gasteiger partial charge in [0.25, 0.3) is 11.8 Å². The van der Waals surface area contributed by atoms with Crippen LogP contribution in [0.1, 0.15) is 12.5 Å². The molecule has 0 aliphatic rings. The number of nitrogens with one attached hydrogen (secondary N) is 2. The van der Waals surface area contributed by atoms with Crippen molar-refractivity contribution in [2.24, 2.45) is 0 Å². The van der Waals surface area contributed by atoms with E-state index in [2.05, 4.69) is 17.8 Å². The molecule has 0 saturated carbocycles. The Morgan fingerprint density at radius 2 is 1.69 bits per heavy atom. The lowest BCUT2D eigenvalue weighted by atomic mass is 10.2. The van der Waals surface area contributed by atoms with Crippen LogP contribution in [-0.4, -0.2) is 23.0 Å². The maximum absolute atomic E-state index is 12.0. The number of hydrazine groups is 1. The van der Waals surface area contributed by atoms with Crippen molar-refractivity contribution in [3.8, 4) is 5.75 Å². The van der Waals surface area contributed by atoms with Crippen LogP contribution < -0.4 is 15.6 Å². The molecule has 0 atom stereocenters. The summed E-state index contributed by atoms with van der Waals surface area (Å²) in [5, 5.41) is 1.06. The largest absolute Gasteiger partial charge is 0.484 e. The number of aryl methyl sites for hydroxylation is 1. The van der Waals surface area contributed by atoms with Gasteiger partial charge in [0, 0.05) is 11.7 Å². The molecular formula is C20H21N3O3. The molecule has 1 heterocycles. The topological polar surface area (TPSA) is 72.4 Å².